The number of benzene rings is 2. The lowest BCUT2D eigenvalue weighted by molar-refractivity contribution is -0.137. The largest absolute Gasteiger partial charge is 0.416 e. The fraction of sp³-hybridized carbons (Fsp3) is 0.182. The number of rotatable bonds is 7. The first kappa shape index (κ1) is 22.4. The van der Waals surface area contributed by atoms with Crippen molar-refractivity contribution in [2.24, 2.45) is 0 Å². The van der Waals surface area contributed by atoms with Crippen LogP contribution < -0.4 is 11.1 Å². The van der Waals surface area contributed by atoms with E-state index in [9.17, 15) is 18.3 Å². The molecule has 0 amide bonds. The molecule has 0 fully saturated rings. The lowest BCUT2D eigenvalue weighted by Crippen LogP contribution is -2.24. The van der Waals surface area contributed by atoms with Gasteiger partial charge in [0.2, 0.25) is 0 Å². The molecule has 0 spiro atoms. The van der Waals surface area contributed by atoms with E-state index in [-0.39, 0.29) is 35.8 Å². The fourth-order valence-electron chi connectivity index (χ4n) is 3.17. The standard InChI is InChI=1S/C22H21F3N4O2/c23-22(24,25)16-6-2-3-13(12-16)17-7-8-28-20(27)18(17)19(26)14-4-1-5-15(11-14)21(31)29-9-10-30/h1-8,11-12,21,26,29-31H,9-10H2,(H2,27,28). The van der Waals surface area contributed by atoms with E-state index >= 15 is 0 Å². The lowest BCUT2D eigenvalue weighted by atomic mass is 9.92. The number of alkyl halides is 3. The number of hydrogen-bond acceptors (Lipinski definition) is 6. The zero-order chi connectivity index (χ0) is 22.6. The zero-order valence-electron chi connectivity index (χ0n) is 16.3. The van der Waals surface area contributed by atoms with Gasteiger partial charge < -0.3 is 15.9 Å². The molecule has 0 aliphatic carbocycles. The Balaban J connectivity index is 2.04. The minimum atomic E-state index is -4.51. The average Bonchev–Trinajstić information content (AvgIpc) is 2.76. The summed E-state index contributed by atoms with van der Waals surface area (Å²) in [7, 11) is 0. The van der Waals surface area contributed by atoms with Crippen molar-refractivity contribution in [3.8, 4) is 11.1 Å². The van der Waals surface area contributed by atoms with Crippen molar-refractivity contribution in [3.05, 3.63) is 83.0 Å². The van der Waals surface area contributed by atoms with Gasteiger partial charge in [0.05, 0.1) is 23.4 Å². The molecule has 1 aromatic heterocycles. The van der Waals surface area contributed by atoms with E-state index in [2.05, 4.69) is 10.3 Å². The summed E-state index contributed by atoms with van der Waals surface area (Å²) in [6.07, 6.45) is -4.19. The molecule has 1 atom stereocenters. The SMILES string of the molecule is N=C(c1cccc(C(O)NCCO)c1)c1c(-c2cccc(C(F)(F)F)c2)ccnc1N. The Morgan fingerprint density at radius 1 is 1.13 bits per heavy atom. The Morgan fingerprint density at radius 3 is 2.58 bits per heavy atom. The maximum atomic E-state index is 13.2. The summed E-state index contributed by atoms with van der Waals surface area (Å²) in [5.74, 6) is 0.00395. The molecular formula is C22H21F3N4O2. The monoisotopic (exact) mass is 430 g/mol. The molecule has 0 radical (unpaired) electrons. The molecule has 31 heavy (non-hydrogen) atoms. The van der Waals surface area contributed by atoms with Gasteiger partial charge in [-0.25, -0.2) is 4.98 Å². The van der Waals surface area contributed by atoms with E-state index < -0.39 is 18.0 Å². The molecular weight excluding hydrogens is 409 g/mol. The van der Waals surface area contributed by atoms with Gasteiger partial charge in [0.15, 0.2) is 0 Å². The van der Waals surface area contributed by atoms with Crippen molar-refractivity contribution < 1.29 is 23.4 Å². The van der Waals surface area contributed by atoms with Crippen molar-refractivity contribution in [1.82, 2.24) is 10.3 Å². The third-order valence-corrected chi connectivity index (χ3v) is 4.67. The van der Waals surface area contributed by atoms with E-state index in [1.54, 1.807) is 24.3 Å². The van der Waals surface area contributed by atoms with Gasteiger partial charge in [-0.05, 0) is 41.0 Å². The number of pyridine rings is 1. The molecule has 6 N–H and O–H groups in total. The number of nitrogen functional groups attached to an aromatic ring is 1. The molecule has 1 heterocycles. The predicted molar refractivity (Wildman–Crippen MR) is 112 cm³/mol. The second kappa shape index (κ2) is 9.25. The van der Waals surface area contributed by atoms with E-state index in [1.807, 2.05) is 0 Å². The second-order valence-electron chi connectivity index (χ2n) is 6.78. The van der Waals surface area contributed by atoms with Gasteiger partial charge in [0, 0.05) is 18.3 Å². The van der Waals surface area contributed by atoms with Crippen molar-refractivity contribution in [3.63, 3.8) is 0 Å². The number of hydrogen-bond donors (Lipinski definition) is 5. The zero-order valence-corrected chi connectivity index (χ0v) is 16.3. The van der Waals surface area contributed by atoms with Crippen LogP contribution in [0.1, 0.15) is 28.5 Å². The van der Waals surface area contributed by atoms with Crippen LogP contribution in [0.15, 0.2) is 60.8 Å². The van der Waals surface area contributed by atoms with Crippen LogP contribution in [0.5, 0.6) is 0 Å². The number of halogens is 3. The highest BCUT2D eigenvalue weighted by Crippen LogP contribution is 2.34. The van der Waals surface area contributed by atoms with Crippen LogP contribution in [0.25, 0.3) is 11.1 Å². The van der Waals surface area contributed by atoms with Crippen LogP contribution >= 0.6 is 0 Å². The topological polar surface area (TPSA) is 115 Å². The summed E-state index contributed by atoms with van der Waals surface area (Å²) in [6, 6.07) is 12.8. The number of nitrogens with one attached hydrogen (secondary N) is 2. The van der Waals surface area contributed by atoms with E-state index in [4.69, 9.17) is 16.2 Å². The fourth-order valence-corrected chi connectivity index (χ4v) is 3.17. The van der Waals surface area contributed by atoms with Gasteiger partial charge in [0.25, 0.3) is 0 Å². The minimum absolute atomic E-state index is 0.00395. The summed E-state index contributed by atoms with van der Waals surface area (Å²) >= 11 is 0. The van der Waals surface area contributed by atoms with E-state index in [0.29, 0.717) is 16.7 Å². The second-order valence-corrected chi connectivity index (χ2v) is 6.78. The number of aliphatic hydroxyl groups excluding tert-OH is 2. The highest BCUT2D eigenvalue weighted by Gasteiger charge is 2.30. The number of aromatic nitrogens is 1. The third-order valence-electron chi connectivity index (χ3n) is 4.67. The van der Waals surface area contributed by atoms with Crippen molar-refractivity contribution >= 4 is 11.5 Å². The van der Waals surface area contributed by atoms with Crippen LogP contribution in [0, 0.1) is 5.41 Å². The Labute approximate surface area is 176 Å². The number of anilines is 1. The molecule has 162 valence electrons. The third kappa shape index (κ3) is 5.08. The summed E-state index contributed by atoms with van der Waals surface area (Å²) in [5, 5.41) is 30.5. The van der Waals surface area contributed by atoms with Crippen LogP contribution in [0.4, 0.5) is 19.0 Å². The summed E-state index contributed by atoms with van der Waals surface area (Å²) in [6.45, 7) is 0.0250. The molecule has 0 aliphatic heterocycles. The van der Waals surface area contributed by atoms with Crippen LogP contribution in [0.3, 0.4) is 0 Å². The highest BCUT2D eigenvalue weighted by molar-refractivity contribution is 6.17. The maximum Gasteiger partial charge on any atom is 0.416 e. The smallest absolute Gasteiger partial charge is 0.395 e. The van der Waals surface area contributed by atoms with Gasteiger partial charge in [-0.1, -0.05) is 30.3 Å². The first-order chi connectivity index (χ1) is 14.7. The highest BCUT2D eigenvalue weighted by atomic mass is 19.4. The molecule has 0 bridgehead atoms. The molecule has 9 heteroatoms. The maximum absolute atomic E-state index is 13.2. The Bertz CT molecular complexity index is 1090. The van der Waals surface area contributed by atoms with Gasteiger partial charge in [0.1, 0.15) is 12.0 Å². The normalized spacial score (nSPS) is 12.5. The van der Waals surface area contributed by atoms with Crippen LogP contribution in [0.2, 0.25) is 0 Å². The van der Waals surface area contributed by atoms with Crippen molar-refractivity contribution in [1.29, 1.82) is 5.41 Å². The predicted octanol–water partition coefficient (Wildman–Crippen LogP) is 3.34. The Kier molecular flexibility index (Phi) is 6.69. The quantitative estimate of drug-likeness (QED) is 0.291. The minimum Gasteiger partial charge on any atom is -0.395 e. The molecule has 1 unspecified atom stereocenters. The average molecular weight is 430 g/mol. The Morgan fingerprint density at radius 2 is 1.87 bits per heavy atom. The molecule has 3 rings (SSSR count). The van der Waals surface area contributed by atoms with Crippen LogP contribution in [-0.4, -0.2) is 34.1 Å². The van der Waals surface area contributed by atoms with Gasteiger partial charge in [-0.2, -0.15) is 13.2 Å². The summed E-state index contributed by atoms with van der Waals surface area (Å²) in [5.41, 5.74) is 6.81. The van der Waals surface area contributed by atoms with Crippen LogP contribution in [-0.2, 0) is 6.18 Å². The molecule has 0 aliphatic rings. The van der Waals surface area contributed by atoms with Gasteiger partial charge in [-0.3, -0.25) is 10.7 Å². The summed E-state index contributed by atoms with van der Waals surface area (Å²) < 4.78 is 39.5. The van der Waals surface area contributed by atoms with Crippen molar-refractivity contribution in [2.75, 3.05) is 18.9 Å². The van der Waals surface area contributed by atoms with E-state index in [1.165, 1.54) is 24.4 Å². The first-order valence-corrected chi connectivity index (χ1v) is 9.36. The molecule has 2 aromatic carbocycles. The molecule has 0 saturated heterocycles. The molecule has 6 nitrogen and oxygen atoms in total. The first-order valence-electron chi connectivity index (χ1n) is 9.36. The summed E-state index contributed by atoms with van der Waals surface area (Å²) in [4.78, 5) is 4.01. The number of nitrogens with two attached hydrogens (primary N) is 1. The van der Waals surface area contributed by atoms with E-state index in [0.717, 1.165) is 12.1 Å². The van der Waals surface area contributed by atoms with Gasteiger partial charge >= 0.3 is 6.18 Å². The number of nitrogens with zero attached hydrogens (tertiary/aromatic N) is 1. The molecule has 3 aromatic rings. The Hall–Kier alpha value is -3.27. The van der Waals surface area contributed by atoms with Gasteiger partial charge in [-0.15, -0.1) is 0 Å². The number of aliphatic hydroxyl groups is 2. The van der Waals surface area contributed by atoms with Crippen molar-refractivity contribution in [2.45, 2.75) is 12.4 Å². The lowest BCUT2D eigenvalue weighted by Gasteiger charge is -2.17. The molecule has 0 saturated carbocycles.